The Bertz CT molecular complexity index is 338. The van der Waals surface area contributed by atoms with Gasteiger partial charge in [0.15, 0.2) is 0 Å². The molecule has 0 saturated carbocycles. The zero-order valence-corrected chi connectivity index (χ0v) is 9.77. The summed E-state index contributed by atoms with van der Waals surface area (Å²) in [6.07, 6.45) is 4.10. The van der Waals surface area contributed by atoms with E-state index in [1.165, 1.54) is 5.56 Å². The Morgan fingerprint density at radius 2 is 1.93 bits per heavy atom. The number of hydrogen-bond acceptors (Lipinski definition) is 1. The van der Waals surface area contributed by atoms with Crippen molar-refractivity contribution in [3.63, 3.8) is 0 Å². The van der Waals surface area contributed by atoms with Crippen molar-refractivity contribution in [3.05, 3.63) is 60.3 Å². The first-order valence-electron chi connectivity index (χ1n) is 5.22. The Morgan fingerprint density at radius 1 is 1.33 bits per heavy atom. The molecule has 0 radical (unpaired) electrons. The molecule has 0 saturated heterocycles. The van der Waals surface area contributed by atoms with Gasteiger partial charge in [0.25, 0.3) is 0 Å². The first kappa shape index (κ1) is 11.6. The molecule has 0 heterocycles. The van der Waals surface area contributed by atoms with Crippen LogP contribution in [0, 0.1) is 0 Å². The fraction of sp³-hybridized carbons (Fsp3) is 0.286. The first-order chi connectivity index (χ1) is 7.11. The molecule has 0 bridgehead atoms. The van der Waals surface area contributed by atoms with Crippen molar-refractivity contribution in [1.82, 2.24) is 4.90 Å². The lowest BCUT2D eigenvalue weighted by Crippen LogP contribution is -2.15. The molecular weight excluding hydrogens is 182 g/mol. The van der Waals surface area contributed by atoms with Crippen molar-refractivity contribution in [3.8, 4) is 0 Å². The molecule has 0 N–H and O–H groups in total. The Hall–Kier alpha value is -1.50. The van der Waals surface area contributed by atoms with Gasteiger partial charge < -0.3 is 4.90 Å². The van der Waals surface area contributed by atoms with Crippen molar-refractivity contribution in [2.24, 2.45) is 0 Å². The smallest absolute Gasteiger partial charge is 0.0505 e. The molecule has 1 aromatic carbocycles. The van der Waals surface area contributed by atoms with Crippen LogP contribution < -0.4 is 0 Å². The molecule has 1 heteroatoms. The lowest BCUT2D eigenvalue weighted by molar-refractivity contribution is 0.361. The number of allylic oxidation sites excluding steroid dienone is 2. The minimum Gasteiger partial charge on any atom is -0.374 e. The van der Waals surface area contributed by atoms with Gasteiger partial charge in [-0.2, -0.15) is 0 Å². The molecule has 1 aromatic rings. The zero-order valence-electron chi connectivity index (χ0n) is 9.77. The summed E-state index contributed by atoms with van der Waals surface area (Å²) in [5.74, 6) is 0. The molecule has 0 aliphatic carbocycles. The van der Waals surface area contributed by atoms with Crippen molar-refractivity contribution in [1.29, 1.82) is 0 Å². The maximum absolute atomic E-state index is 3.85. The molecule has 1 nitrogen and oxygen atoms in total. The van der Waals surface area contributed by atoms with E-state index in [2.05, 4.69) is 55.9 Å². The summed E-state index contributed by atoms with van der Waals surface area (Å²) in [6, 6.07) is 10.9. The maximum atomic E-state index is 3.85. The van der Waals surface area contributed by atoms with E-state index in [1.54, 1.807) is 0 Å². The second-order valence-electron chi connectivity index (χ2n) is 3.91. The highest BCUT2D eigenvalue weighted by Crippen LogP contribution is 2.18. The Kier molecular flexibility index (Phi) is 4.17. The lowest BCUT2D eigenvalue weighted by atomic mass is 10.1. The fourth-order valence-electron chi connectivity index (χ4n) is 1.34. The molecule has 0 aliphatic rings. The largest absolute Gasteiger partial charge is 0.374 e. The highest BCUT2D eigenvalue weighted by atomic mass is 15.1. The minimum absolute atomic E-state index is 0.391. The van der Waals surface area contributed by atoms with Crippen LogP contribution in [-0.2, 0) is 0 Å². The van der Waals surface area contributed by atoms with Crippen molar-refractivity contribution >= 4 is 0 Å². The Balaban J connectivity index is 2.69. The summed E-state index contributed by atoms with van der Waals surface area (Å²) in [4.78, 5) is 2.18. The van der Waals surface area contributed by atoms with Gasteiger partial charge in [-0.1, -0.05) is 42.5 Å². The Labute approximate surface area is 92.7 Å². The van der Waals surface area contributed by atoms with Gasteiger partial charge in [0.2, 0.25) is 0 Å². The van der Waals surface area contributed by atoms with Gasteiger partial charge in [-0.15, -0.1) is 0 Å². The molecule has 0 fully saturated rings. The van der Waals surface area contributed by atoms with Gasteiger partial charge in [0, 0.05) is 7.05 Å². The van der Waals surface area contributed by atoms with Crippen LogP contribution in [0.25, 0.3) is 0 Å². The summed E-state index contributed by atoms with van der Waals surface area (Å²) >= 11 is 0. The third-order valence-electron chi connectivity index (χ3n) is 2.49. The first-order valence-corrected chi connectivity index (χ1v) is 5.22. The summed E-state index contributed by atoms with van der Waals surface area (Å²) in [6.45, 7) is 8.04. The van der Waals surface area contributed by atoms with Crippen molar-refractivity contribution < 1.29 is 0 Å². The van der Waals surface area contributed by atoms with Crippen LogP contribution in [0.15, 0.2) is 54.8 Å². The predicted molar refractivity (Wildman–Crippen MR) is 66.6 cm³/mol. The van der Waals surface area contributed by atoms with E-state index in [0.717, 1.165) is 5.57 Å². The van der Waals surface area contributed by atoms with Gasteiger partial charge in [-0.25, -0.2) is 0 Å². The highest BCUT2D eigenvalue weighted by Gasteiger charge is 2.06. The van der Waals surface area contributed by atoms with Gasteiger partial charge in [0.05, 0.1) is 6.04 Å². The van der Waals surface area contributed by atoms with Crippen molar-refractivity contribution in [2.75, 3.05) is 7.05 Å². The second kappa shape index (κ2) is 5.40. The van der Waals surface area contributed by atoms with Gasteiger partial charge in [-0.3, -0.25) is 0 Å². The van der Waals surface area contributed by atoms with E-state index in [0.29, 0.717) is 6.04 Å². The zero-order chi connectivity index (χ0) is 11.3. The van der Waals surface area contributed by atoms with Crippen LogP contribution in [0.2, 0.25) is 0 Å². The average molecular weight is 201 g/mol. The van der Waals surface area contributed by atoms with Crippen LogP contribution in [0.1, 0.15) is 25.5 Å². The second-order valence-corrected chi connectivity index (χ2v) is 3.91. The monoisotopic (exact) mass is 201 g/mol. The van der Waals surface area contributed by atoms with E-state index in [9.17, 15) is 0 Å². The molecule has 0 aromatic heterocycles. The molecule has 1 atom stereocenters. The van der Waals surface area contributed by atoms with Crippen LogP contribution in [0.4, 0.5) is 0 Å². The van der Waals surface area contributed by atoms with Crippen LogP contribution >= 0.6 is 0 Å². The van der Waals surface area contributed by atoms with E-state index in [-0.39, 0.29) is 0 Å². The molecule has 0 aliphatic heterocycles. The van der Waals surface area contributed by atoms with Crippen LogP contribution in [0.3, 0.4) is 0 Å². The molecule has 0 amide bonds. The van der Waals surface area contributed by atoms with Gasteiger partial charge in [0.1, 0.15) is 0 Å². The van der Waals surface area contributed by atoms with Crippen LogP contribution in [0.5, 0.6) is 0 Å². The van der Waals surface area contributed by atoms with E-state index in [4.69, 9.17) is 0 Å². The molecule has 15 heavy (non-hydrogen) atoms. The number of hydrogen-bond donors (Lipinski definition) is 0. The lowest BCUT2D eigenvalue weighted by Gasteiger charge is -2.23. The quantitative estimate of drug-likeness (QED) is 0.670. The third-order valence-corrected chi connectivity index (χ3v) is 2.49. The van der Waals surface area contributed by atoms with Gasteiger partial charge in [-0.05, 0) is 31.7 Å². The number of benzene rings is 1. The standard InChI is InChI=1S/C14H19N/c1-12(2)10-11-15(4)13(3)14-8-6-5-7-9-14/h5-11,13H,1H2,2-4H3/b11-10+/t13-/m0/s1. The summed E-state index contributed by atoms with van der Waals surface area (Å²) in [7, 11) is 2.08. The average Bonchev–Trinajstić information content (AvgIpc) is 2.26. The van der Waals surface area contributed by atoms with E-state index < -0.39 is 0 Å². The fourth-order valence-corrected chi connectivity index (χ4v) is 1.34. The number of nitrogens with zero attached hydrogens (tertiary/aromatic N) is 1. The van der Waals surface area contributed by atoms with Gasteiger partial charge >= 0.3 is 0 Å². The van der Waals surface area contributed by atoms with Crippen LogP contribution in [-0.4, -0.2) is 11.9 Å². The van der Waals surface area contributed by atoms with E-state index in [1.807, 2.05) is 19.1 Å². The normalized spacial score (nSPS) is 12.7. The molecule has 80 valence electrons. The minimum atomic E-state index is 0.391. The molecule has 0 unspecified atom stereocenters. The summed E-state index contributed by atoms with van der Waals surface area (Å²) in [5, 5.41) is 0. The topological polar surface area (TPSA) is 3.24 Å². The SMILES string of the molecule is C=C(C)/C=C/N(C)[C@@H](C)c1ccccc1. The molecule has 1 rings (SSSR count). The van der Waals surface area contributed by atoms with Crippen molar-refractivity contribution in [2.45, 2.75) is 19.9 Å². The third kappa shape index (κ3) is 3.62. The number of rotatable bonds is 4. The summed E-state index contributed by atoms with van der Waals surface area (Å²) < 4.78 is 0. The Morgan fingerprint density at radius 3 is 2.47 bits per heavy atom. The summed E-state index contributed by atoms with van der Waals surface area (Å²) in [5.41, 5.74) is 2.40. The highest BCUT2D eigenvalue weighted by molar-refractivity contribution is 5.19. The maximum Gasteiger partial charge on any atom is 0.0505 e. The molecule has 0 spiro atoms. The van der Waals surface area contributed by atoms with E-state index >= 15 is 0 Å². The predicted octanol–water partition coefficient (Wildman–Crippen LogP) is 3.77. The molecular formula is C14H19N.